The maximum Gasteiger partial charge on any atom is 0.337 e. The molecule has 76 valence electrons. The van der Waals surface area contributed by atoms with Gasteiger partial charge >= 0.3 is 5.69 Å². The van der Waals surface area contributed by atoms with E-state index in [1.807, 2.05) is 0 Å². The molecule has 7 nitrogen and oxygen atoms in total. The number of rotatable bonds is 2. The molecule has 0 bridgehead atoms. The third kappa shape index (κ3) is 1.50. The third-order valence-electron chi connectivity index (χ3n) is 1.83. The Labute approximate surface area is 83.7 Å². The van der Waals surface area contributed by atoms with Crippen molar-refractivity contribution in [2.24, 2.45) is 0 Å². The Morgan fingerprint density at radius 3 is 2.87 bits per heavy atom. The van der Waals surface area contributed by atoms with Crippen LogP contribution in [-0.4, -0.2) is 14.9 Å². The van der Waals surface area contributed by atoms with E-state index in [-0.39, 0.29) is 17.2 Å². The number of furan rings is 1. The van der Waals surface area contributed by atoms with E-state index in [0.29, 0.717) is 5.56 Å². The molecule has 0 aliphatic carbocycles. The van der Waals surface area contributed by atoms with Crippen molar-refractivity contribution in [1.82, 2.24) is 9.97 Å². The molecule has 0 fully saturated rings. The Hall–Kier alpha value is -2.44. The molecule has 0 spiro atoms. The monoisotopic (exact) mass is 206 g/mol. The average molecular weight is 206 g/mol. The van der Waals surface area contributed by atoms with Gasteiger partial charge in [-0.3, -0.25) is 10.1 Å². The van der Waals surface area contributed by atoms with Crippen molar-refractivity contribution < 1.29 is 9.34 Å². The van der Waals surface area contributed by atoms with Gasteiger partial charge in [0, 0.05) is 5.56 Å². The van der Waals surface area contributed by atoms with Gasteiger partial charge in [-0.1, -0.05) is 0 Å². The number of hydrogen-bond donors (Lipinski definition) is 1. The summed E-state index contributed by atoms with van der Waals surface area (Å²) < 4.78 is 4.82. The van der Waals surface area contributed by atoms with E-state index in [1.165, 1.54) is 18.9 Å². The Kier molecular flexibility index (Phi) is 2.05. The van der Waals surface area contributed by atoms with Gasteiger partial charge in [-0.15, -0.1) is 0 Å². The van der Waals surface area contributed by atoms with Crippen molar-refractivity contribution in [1.29, 1.82) is 0 Å². The van der Waals surface area contributed by atoms with Crippen LogP contribution in [0.5, 0.6) is 0 Å². The van der Waals surface area contributed by atoms with E-state index in [2.05, 4.69) is 9.97 Å². The standard InChI is InChI=1S/C8H6N4O3/c9-8-7(12(13)14)6(10-4-11-8)5-1-2-15-3-5/h1-4H,(H2,9,10,11). The van der Waals surface area contributed by atoms with Gasteiger partial charge in [0.15, 0.2) is 5.69 Å². The second-order valence-corrected chi connectivity index (χ2v) is 2.73. The number of nitrogen functional groups attached to an aromatic ring is 1. The SMILES string of the molecule is Nc1ncnc(-c2ccoc2)c1[N+](=O)[O-]. The summed E-state index contributed by atoms with van der Waals surface area (Å²) in [7, 11) is 0. The number of nitrogens with zero attached hydrogens (tertiary/aromatic N) is 3. The maximum absolute atomic E-state index is 10.8. The van der Waals surface area contributed by atoms with Gasteiger partial charge in [0.05, 0.1) is 17.4 Å². The van der Waals surface area contributed by atoms with E-state index >= 15 is 0 Å². The van der Waals surface area contributed by atoms with Crippen LogP contribution in [0.15, 0.2) is 29.3 Å². The summed E-state index contributed by atoms with van der Waals surface area (Å²) in [5.74, 6) is -0.161. The summed E-state index contributed by atoms with van der Waals surface area (Å²) in [6.45, 7) is 0. The van der Waals surface area contributed by atoms with Crippen LogP contribution < -0.4 is 5.73 Å². The predicted molar refractivity (Wildman–Crippen MR) is 50.8 cm³/mol. The summed E-state index contributed by atoms with van der Waals surface area (Å²) in [6, 6.07) is 1.56. The highest BCUT2D eigenvalue weighted by atomic mass is 16.6. The third-order valence-corrected chi connectivity index (χ3v) is 1.83. The first kappa shape index (κ1) is 9.13. The molecule has 0 unspecified atom stereocenters. The zero-order chi connectivity index (χ0) is 10.8. The lowest BCUT2D eigenvalue weighted by atomic mass is 10.2. The van der Waals surface area contributed by atoms with Crippen molar-refractivity contribution >= 4 is 11.5 Å². The first-order valence-corrected chi connectivity index (χ1v) is 3.97. The number of anilines is 1. The lowest BCUT2D eigenvalue weighted by Crippen LogP contribution is -2.01. The summed E-state index contributed by atoms with van der Waals surface area (Å²) in [4.78, 5) is 17.5. The highest BCUT2D eigenvalue weighted by molar-refractivity contribution is 5.74. The van der Waals surface area contributed by atoms with Crippen LogP contribution in [0, 0.1) is 10.1 Å². The highest BCUT2D eigenvalue weighted by Gasteiger charge is 2.22. The zero-order valence-electron chi connectivity index (χ0n) is 7.45. The quantitative estimate of drug-likeness (QED) is 0.584. The molecule has 0 aliphatic rings. The summed E-state index contributed by atoms with van der Waals surface area (Å²) >= 11 is 0. The molecule has 2 N–H and O–H groups in total. The molecule has 15 heavy (non-hydrogen) atoms. The number of aromatic nitrogens is 2. The second-order valence-electron chi connectivity index (χ2n) is 2.73. The molecular formula is C8H6N4O3. The molecule has 0 amide bonds. The molecular weight excluding hydrogens is 200 g/mol. The zero-order valence-corrected chi connectivity index (χ0v) is 7.45. The first-order valence-electron chi connectivity index (χ1n) is 3.97. The van der Waals surface area contributed by atoms with Crippen LogP contribution in [0.3, 0.4) is 0 Å². The smallest absolute Gasteiger partial charge is 0.337 e. The molecule has 0 aromatic carbocycles. The molecule has 2 heterocycles. The molecule has 0 radical (unpaired) electrons. The fraction of sp³-hybridized carbons (Fsp3) is 0. The molecule has 2 aromatic rings. The van der Waals surface area contributed by atoms with Crippen LogP contribution in [0.4, 0.5) is 11.5 Å². The van der Waals surface area contributed by atoms with Crippen molar-refractivity contribution in [3.8, 4) is 11.3 Å². The normalized spacial score (nSPS) is 10.1. The van der Waals surface area contributed by atoms with Crippen molar-refractivity contribution in [3.05, 3.63) is 35.0 Å². The largest absolute Gasteiger partial charge is 0.472 e. The van der Waals surface area contributed by atoms with Gasteiger partial charge in [-0.25, -0.2) is 9.97 Å². The Balaban J connectivity index is 2.66. The topological polar surface area (TPSA) is 108 Å². The minimum absolute atomic E-state index is 0.154. The summed E-state index contributed by atoms with van der Waals surface area (Å²) in [5.41, 5.74) is 5.75. The predicted octanol–water partition coefficient (Wildman–Crippen LogP) is 1.23. The summed E-state index contributed by atoms with van der Waals surface area (Å²) in [6.07, 6.45) is 3.93. The van der Waals surface area contributed by atoms with Crippen LogP contribution in [0.1, 0.15) is 0 Å². The fourth-order valence-electron chi connectivity index (χ4n) is 1.18. The van der Waals surface area contributed by atoms with E-state index in [0.717, 1.165) is 0 Å². The average Bonchev–Trinajstić information content (AvgIpc) is 2.69. The van der Waals surface area contributed by atoms with Gasteiger partial charge in [0.1, 0.15) is 6.33 Å². The Morgan fingerprint density at radius 1 is 1.47 bits per heavy atom. The fourth-order valence-corrected chi connectivity index (χ4v) is 1.18. The molecule has 0 saturated carbocycles. The lowest BCUT2D eigenvalue weighted by Gasteiger charge is -1.99. The van der Waals surface area contributed by atoms with Crippen molar-refractivity contribution in [3.63, 3.8) is 0 Å². The van der Waals surface area contributed by atoms with Crippen LogP contribution in [0.25, 0.3) is 11.3 Å². The Bertz CT molecular complexity index is 495. The number of nitro groups is 1. The van der Waals surface area contributed by atoms with Gasteiger partial charge in [0.25, 0.3) is 0 Å². The lowest BCUT2D eigenvalue weighted by molar-refractivity contribution is -0.383. The van der Waals surface area contributed by atoms with E-state index in [4.69, 9.17) is 10.2 Å². The Morgan fingerprint density at radius 2 is 2.27 bits per heavy atom. The first-order chi connectivity index (χ1) is 7.20. The number of nitrogens with two attached hydrogens (primary N) is 1. The van der Waals surface area contributed by atoms with Gasteiger partial charge < -0.3 is 10.2 Å². The van der Waals surface area contributed by atoms with Crippen LogP contribution in [-0.2, 0) is 0 Å². The van der Waals surface area contributed by atoms with Crippen LogP contribution >= 0.6 is 0 Å². The van der Waals surface area contributed by atoms with Crippen LogP contribution in [0.2, 0.25) is 0 Å². The van der Waals surface area contributed by atoms with Gasteiger partial charge in [-0.2, -0.15) is 0 Å². The molecule has 2 rings (SSSR count). The van der Waals surface area contributed by atoms with Gasteiger partial charge in [0.2, 0.25) is 5.82 Å². The van der Waals surface area contributed by atoms with E-state index < -0.39 is 4.92 Å². The minimum Gasteiger partial charge on any atom is -0.472 e. The molecule has 0 saturated heterocycles. The summed E-state index contributed by atoms with van der Waals surface area (Å²) in [5, 5.41) is 10.8. The van der Waals surface area contributed by atoms with Gasteiger partial charge in [-0.05, 0) is 6.07 Å². The maximum atomic E-state index is 10.8. The van der Waals surface area contributed by atoms with E-state index in [9.17, 15) is 10.1 Å². The molecule has 2 aromatic heterocycles. The highest BCUT2D eigenvalue weighted by Crippen LogP contribution is 2.30. The van der Waals surface area contributed by atoms with Crippen molar-refractivity contribution in [2.75, 3.05) is 5.73 Å². The molecule has 0 atom stereocenters. The van der Waals surface area contributed by atoms with Crippen molar-refractivity contribution in [2.45, 2.75) is 0 Å². The minimum atomic E-state index is -0.613. The molecule has 7 heteroatoms. The second kappa shape index (κ2) is 3.37. The molecule has 0 aliphatic heterocycles. The number of hydrogen-bond acceptors (Lipinski definition) is 6. The van der Waals surface area contributed by atoms with E-state index in [1.54, 1.807) is 6.07 Å².